The highest BCUT2D eigenvalue weighted by Crippen LogP contribution is 2.30. The monoisotopic (exact) mass is 270 g/mol. The standard InChI is InChI=1S/C7H8Cl2N2O3S/c1-4(14-15(2,12)13)6-5(8)3-10-11-7(6)9/h3-4H,1-2H3/t4-/m1/s1. The topological polar surface area (TPSA) is 69.2 Å². The van der Waals surface area contributed by atoms with Gasteiger partial charge >= 0.3 is 0 Å². The molecule has 0 aliphatic rings. The molecule has 0 N–H and O–H groups in total. The molecular weight excluding hydrogens is 263 g/mol. The van der Waals surface area contributed by atoms with E-state index in [0.717, 1.165) is 6.26 Å². The molecule has 0 radical (unpaired) electrons. The summed E-state index contributed by atoms with van der Waals surface area (Å²) in [4.78, 5) is 0. The lowest BCUT2D eigenvalue weighted by molar-refractivity contribution is 0.236. The largest absolute Gasteiger partial charge is 0.264 e. The van der Waals surface area contributed by atoms with Crippen LogP contribution in [-0.4, -0.2) is 24.9 Å². The van der Waals surface area contributed by atoms with Crippen LogP contribution in [0.3, 0.4) is 0 Å². The van der Waals surface area contributed by atoms with Gasteiger partial charge in [0.25, 0.3) is 10.1 Å². The van der Waals surface area contributed by atoms with Crippen molar-refractivity contribution in [2.75, 3.05) is 6.26 Å². The second kappa shape index (κ2) is 4.61. The molecule has 5 nitrogen and oxygen atoms in total. The van der Waals surface area contributed by atoms with Crippen molar-refractivity contribution in [3.63, 3.8) is 0 Å². The van der Waals surface area contributed by atoms with Gasteiger partial charge in [0.15, 0.2) is 5.15 Å². The maximum absolute atomic E-state index is 10.9. The second-order valence-corrected chi connectivity index (χ2v) is 5.21. The summed E-state index contributed by atoms with van der Waals surface area (Å²) >= 11 is 11.5. The summed E-state index contributed by atoms with van der Waals surface area (Å²) in [6.07, 6.45) is 1.42. The first-order valence-electron chi connectivity index (χ1n) is 3.86. The van der Waals surface area contributed by atoms with E-state index in [2.05, 4.69) is 10.2 Å². The van der Waals surface area contributed by atoms with E-state index in [1.807, 2.05) is 0 Å². The van der Waals surface area contributed by atoms with E-state index >= 15 is 0 Å². The van der Waals surface area contributed by atoms with Gasteiger partial charge in [0.05, 0.1) is 17.5 Å². The Bertz CT molecular complexity index is 443. The quantitative estimate of drug-likeness (QED) is 0.784. The molecule has 0 unspecified atom stereocenters. The van der Waals surface area contributed by atoms with Crippen molar-refractivity contribution >= 4 is 33.3 Å². The van der Waals surface area contributed by atoms with E-state index in [9.17, 15) is 8.42 Å². The Morgan fingerprint density at radius 1 is 1.47 bits per heavy atom. The number of halogens is 2. The highest BCUT2D eigenvalue weighted by Gasteiger charge is 2.19. The number of aromatic nitrogens is 2. The fraction of sp³-hybridized carbons (Fsp3) is 0.429. The molecule has 0 amide bonds. The van der Waals surface area contributed by atoms with Crippen LogP contribution in [0, 0.1) is 0 Å². The van der Waals surface area contributed by atoms with E-state index < -0.39 is 16.2 Å². The van der Waals surface area contributed by atoms with Crippen LogP contribution in [0.2, 0.25) is 10.2 Å². The van der Waals surface area contributed by atoms with Crippen LogP contribution in [0.25, 0.3) is 0 Å². The van der Waals surface area contributed by atoms with Gasteiger partial charge in [0.1, 0.15) is 6.10 Å². The molecule has 8 heteroatoms. The molecule has 1 heterocycles. The van der Waals surface area contributed by atoms with Crippen molar-refractivity contribution in [1.29, 1.82) is 0 Å². The van der Waals surface area contributed by atoms with E-state index in [0.29, 0.717) is 5.56 Å². The fourth-order valence-electron chi connectivity index (χ4n) is 1.02. The SMILES string of the molecule is C[C@@H](OS(C)(=O)=O)c1c(Cl)cnnc1Cl. The van der Waals surface area contributed by atoms with Crippen LogP contribution in [-0.2, 0) is 14.3 Å². The summed E-state index contributed by atoms with van der Waals surface area (Å²) in [5, 5.41) is 7.29. The molecule has 1 aromatic heterocycles. The maximum atomic E-state index is 10.9. The molecule has 0 bridgehead atoms. The minimum absolute atomic E-state index is 0.0265. The molecule has 0 aromatic carbocycles. The average molecular weight is 271 g/mol. The van der Waals surface area contributed by atoms with Gasteiger partial charge in [-0.1, -0.05) is 23.2 Å². The molecular formula is C7H8Cl2N2O3S. The van der Waals surface area contributed by atoms with E-state index in [-0.39, 0.29) is 10.2 Å². The summed E-state index contributed by atoms with van der Waals surface area (Å²) in [7, 11) is -3.57. The van der Waals surface area contributed by atoms with Gasteiger partial charge in [-0.25, -0.2) is 0 Å². The third-order valence-electron chi connectivity index (χ3n) is 1.52. The summed E-state index contributed by atoms with van der Waals surface area (Å²) in [5.74, 6) is 0. The molecule has 0 aliphatic heterocycles. The third kappa shape index (κ3) is 3.57. The Balaban J connectivity index is 3.06. The first-order chi connectivity index (χ1) is 6.81. The van der Waals surface area contributed by atoms with E-state index in [1.165, 1.54) is 13.1 Å². The van der Waals surface area contributed by atoms with Crippen molar-refractivity contribution < 1.29 is 12.6 Å². The lowest BCUT2D eigenvalue weighted by atomic mass is 10.2. The fourth-order valence-corrected chi connectivity index (χ4v) is 2.28. The van der Waals surface area contributed by atoms with Crippen molar-refractivity contribution in [3.8, 4) is 0 Å². The predicted octanol–water partition coefficient (Wildman–Crippen LogP) is 1.82. The normalized spacial score (nSPS) is 13.9. The Labute approximate surface area is 97.5 Å². The minimum atomic E-state index is -3.57. The third-order valence-corrected chi connectivity index (χ3v) is 2.74. The molecule has 1 rings (SSSR count). The van der Waals surface area contributed by atoms with Crippen LogP contribution in [0.4, 0.5) is 0 Å². The predicted molar refractivity (Wildman–Crippen MR) is 56.4 cm³/mol. The first-order valence-corrected chi connectivity index (χ1v) is 6.43. The molecule has 0 saturated heterocycles. The Morgan fingerprint density at radius 3 is 2.53 bits per heavy atom. The molecule has 1 aromatic rings. The Kier molecular flexibility index (Phi) is 3.88. The molecule has 0 saturated carbocycles. The molecule has 0 aliphatic carbocycles. The molecule has 0 spiro atoms. The van der Waals surface area contributed by atoms with Gasteiger partial charge in [-0.3, -0.25) is 4.18 Å². The van der Waals surface area contributed by atoms with Gasteiger partial charge in [-0.2, -0.15) is 13.5 Å². The summed E-state index contributed by atoms with van der Waals surface area (Å²) in [6.45, 7) is 1.51. The first kappa shape index (κ1) is 12.6. The summed E-state index contributed by atoms with van der Waals surface area (Å²) in [5.41, 5.74) is 0.304. The van der Waals surface area contributed by atoms with Gasteiger partial charge in [-0.05, 0) is 6.92 Å². The van der Waals surface area contributed by atoms with Gasteiger partial charge in [-0.15, -0.1) is 5.10 Å². The van der Waals surface area contributed by atoms with Crippen LogP contribution in [0.1, 0.15) is 18.6 Å². The van der Waals surface area contributed by atoms with Crippen LogP contribution in [0.15, 0.2) is 6.20 Å². The van der Waals surface area contributed by atoms with Crippen LogP contribution >= 0.6 is 23.2 Å². The molecule has 15 heavy (non-hydrogen) atoms. The van der Waals surface area contributed by atoms with Crippen molar-refractivity contribution in [2.45, 2.75) is 13.0 Å². The minimum Gasteiger partial charge on any atom is -0.262 e. The van der Waals surface area contributed by atoms with Crippen molar-refractivity contribution in [2.24, 2.45) is 0 Å². The number of hydrogen-bond acceptors (Lipinski definition) is 5. The van der Waals surface area contributed by atoms with E-state index in [1.54, 1.807) is 0 Å². The van der Waals surface area contributed by atoms with Crippen molar-refractivity contribution in [1.82, 2.24) is 10.2 Å². The Hall–Kier alpha value is -0.430. The number of hydrogen-bond donors (Lipinski definition) is 0. The van der Waals surface area contributed by atoms with Gasteiger partial charge < -0.3 is 0 Å². The maximum Gasteiger partial charge on any atom is 0.264 e. The number of rotatable bonds is 3. The smallest absolute Gasteiger partial charge is 0.262 e. The second-order valence-electron chi connectivity index (χ2n) is 2.84. The molecule has 0 fully saturated rings. The van der Waals surface area contributed by atoms with E-state index in [4.69, 9.17) is 27.4 Å². The molecule has 1 atom stereocenters. The zero-order valence-electron chi connectivity index (χ0n) is 7.94. The number of nitrogens with zero attached hydrogens (tertiary/aromatic N) is 2. The van der Waals surface area contributed by atoms with Gasteiger partial charge in [0, 0.05) is 5.56 Å². The van der Waals surface area contributed by atoms with Gasteiger partial charge in [0.2, 0.25) is 0 Å². The zero-order chi connectivity index (χ0) is 11.6. The van der Waals surface area contributed by atoms with Crippen LogP contribution in [0.5, 0.6) is 0 Å². The average Bonchev–Trinajstić information content (AvgIpc) is 1.99. The zero-order valence-corrected chi connectivity index (χ0v) is 10.3. The summed E-state index contributed by atoms with van der Waals surface area (Å²) < 4.78 is 26.5. The van der Waals surface area contributed by atoms with Crippen molar-refractivity contribution in [3.05, 3.63) is 21.9 Å². The lowest BCUT2D eigenvalue weighted by Gasteiger charge is -2.12. The highest BCUT2D eigenvalue weighted by atomic mass is 35.5. The molecule has 84 valence electrons. The van der Waals surface area contributed by atoms with Crippen LogP contribution < -0.4 is 0 Å². The highest BCUT2D eigenvalue weighted by molar-refractivity contribution is 7.86. The lowest BCUT2D eigenvalue weighted by Crippen LogP contribution is -2.09. The summed E-state index contributed by atoms with van der Waals surface area (Å²) in [6, 6.07) is 0. The Morgan fingerprint density at radius 2 is 2.07 bits per heavy atom.